The Morgan fingerprint density at radius 1 is 1.06 bits per heavy atom. The van der Waals surface area contributed by atoms with Crippen LogP contribution in [-0.4, -0.2) is 30.4 Å². The van der Waals surface area contributed by atoms with Gasteiger partial charge in [-0.15, -0.1) is 0 Å². The van der Waals surface area contributed by atoms with Gasteiger partial charge in [-0.3, -0.25) is 4.79 Å². The lowest BCUT2D eigenvalue weighted by molar-refractivity contribution is -0.115. The summed E-state index contributed by atoms with van der Waals surface area (Å²) < 4.78 is 28.8. The molecule has 2 N–H and O–H groups in total. The number of hydrogen-bond donors (Lipinski definition) is 2. The van der Waals surface area contributed by atoms with E-state index in [9.17, 15) is 13.2 Å². The highest BCUT2D eigenvalue weighted by atomic mass is 32.2. The zero-order chi connectivity index (χ0) is 23.4. The minimum atomic E-state index is -3.76. The largest absolute Gasteiger partial charge is 0.331 e. The molecule has 0 aliphatic rings. The third-order valence-electron chi connectivity index (χ3n) is 5.18. The zero-order valence-corrected chi connectivity index (χ0v) is 18.6. The summed E-state index contributed by atoms with van der Waals surface area (Å²) in [5, 5.41) is 11.6. The summed E-state index contributed by atoms with van der Waals surface area (Å²) in [4.78, 5) is 17.1. The van der Waals surface area contributed by atoms with Gasteiger partial charge in [0.1, 0.15) is 5.82 Å². The van der Waals surface area contributed by atoms with Crippen LogP contribution in [0.1, 0.15) is 17.0 Å². The minimum Gasteiger partial charge on any atom is -0.331 e. The van der Waals surface area contributed by atoms with E-state index in [-0.39, 0.29) is 11.4 Å². The molecular weight excluding hydrogens is 438 g/mol. The number of amides is 1. The molecule has 3 aromatic carbocycles. The van der Waals surface area contributed by atoms with E-state index in [0.717, 1.165) is 16.9 Å². The molecule has 0 atom stereocenters. The summed E-state index contributed by atoms with van der Waals surface area (Å²) in [5.74, 6) is 0.358. The number of sulfonamides is 1. The van der Waals surface area contributed by atoms with E-state index >= 15 is 0 Å². The van der Waals surface area contributed by atoms with E-state index in [2.05, 4.69) is 21.1 Å². The first-order valence-electron chi connectivity index (χ1n) is 10.1. The number of nitrogens with one attached hydrogen (secondary N) is 2. The lowest BCUT2D eigenvalue weighted by atomic mass is 10.1. The highest BCUT2D eigenvalue weighted by Gasteiger charge is 2.15. The molecule has 0 aliphatic carbocycles. The molecule has 0 unspecified atom stereocenters. The number of carbonyl (C=O) groups excluding carboxylic acids is 1. The maximum Gasteiger partial charge on any atom is 0.241 e. The third-order valence-corrected chi connectivity index (χ3v) is 6.60. The zero-order valence-electron chi connectivity index (χ0n) is 17.8. The number of imidazole rings is 1. The molecule has 166 valence electrons. The van der Waals surface area contributed by atoms with Gasteiger partial charge in [-0.2, -0.15) is 5.26 Å². The third kappa shape index (κ3) is 5.09. The van der Waals surface area contributed by atoms with Crippen molar-refractivity contribution in [2.45, 2.75) is 11.3 Å². The molecule has 1 aromatic heterocycles. The fourth-order valence-corrected chi connectivity index (χ4v) is 4.42. The Hall–Kier alpha value is -4.00. The van der Waals surface area contributed by atoms with Crippen LogP contribution >= 0.6 is 0 Å². The molecule has 0 saturated heterocycles. The van der Waals surface area contributed by atoms with Gasteiger partial charge in [0.05, 0.1) is 34.1 Å². The predicted molar refractivity (Wildman–Crippen MR) is 125 cm³/mol. The number of carbonyl (C=O) groups is 1. The molecule has 33 heavy (non-hydrogen) atoms. The van der Waals surface area contributed by atoms with Gasteiger partial charge in [-0.05, 0) is 48.0 Å². The Kier molecular flexibility index (Phi) is 6.22. The van der Waals surface area contributed by atoms with E-state index in [1.54, 1.807) is 42.5 Å². The van der Waals surface area contributed by atoms with Crippen molar-refractivity contribution in [1.29, 1.82) is 5.26 Å². The minimum absolute atomic E-state index is 0.0995. The van der Waals surface area contributed by atoms with E-state index in [4.69, 9.17) is 5.26 Å². The summed E-state index contributed by atoms with van der Waals surface area (Å²) in [6, 6.07) is 22.7. The summed E-state index contributed by atoms with van der Waals surface area (Å²) in [7, 11) is -1.84. The molecule has 4 aromatic rings. The number of anilines is 1. The highest BCUT2D eigenvalue weighted by molar-refractivity contribution is 7.89. The van der Waals surface area contributed by atoms with Crippen LogP contribution in [0.3, 0.4) is 0 Å². The van der Waals surface area contributed by atoms with E-state index in [1.165, 1.54) is 12.1 Å². The second kappa shape index (κ2) is 9.24. The molecule has 0 bridgehead atoms. The van der Waals surface area contributed by atoms with Crippen LogP contribution in [0.25, 0.3) is 11.0 Å². The van der Waals surface area contributed by atoms with Crippen molar-refractivity contribution in [3.05, 3.63) is 89.7 Å². The summed E-state index contributed by atoms with van der Waals surface area (Å²) in [6.45, 7) is -0.387. The maximum atomic E-state index is 12.3. The van der Waals surface area contributed by atoms with Gasteiger partial charge in [0, 0.05) is 19.2 Å². The summed E-state index contributed by atoms with van der Waals surface area (Å²) >= 11 is 0. The average Bonchev–Trinajstić information content (AvgIpc) is 3.13. The number of hydrogen-bond acceptors (Lipinski definition) is 5. The molecule has 1 heterocycles. The summed E-state index contributed by atoms with van der Waals surface area (Å²) in [5.41, 5.74) is 3.78. The Bertz CT molecular complexity index is 1450. The SMILES string of the molecule is Cn1c(Cc2ccc(C#N)cc2)nc2cc(NC(=O)CNS(=O)(=O)c3ccccc3)ccc21. The van der Waals surface area contributed by atoms with Gasteiger partial charge >= 0.3 is 0 Å². The maximum absolute atomic E-state index is 12.3. The number of nitrogens with zero attached hydrogens (tertiary/aromatic N) is 3. The first kappa shape index (κ1) is 22.2. The molecule has 0 aliphatic heterocycles. The van der Waals surface area contributed by atoms with Crippen molar-refractivity contribution in [3.63, 3.8) is 0 Å². The van der Waals surface area contributed by atoms with Crippen LogP contribution in [0.15, 0.2) is 77.7 Å². The summed E-state index contributed by atoms with van der Waals surface area (Å²) in [6.07, 6.45) is 0.597. The van der Waals surface area contributed by atoms with Gasteiger partial charge in [-0.1, -0.05) is 30.3 Å². The smallest absolute Gasteiger partial charge is 0.241 e. The van der Waals surface area contributed by atoms with Crippen LogP contribution in [0.2, 0.25) is 0 Å². The second-order valence-electron chi connectivity index (χ2n) is 7.46. The molecule has 4 rings (SSSR count). The molecule has 9 heteroatoms. The number of nitriles is 1. The van der Waals surface area contributed by atoms with E-state index in [1.807, 2.05) is 29.8 Å². The topological polar surface area (TPSA) is 117 Å². The van der Waals surface area contributed by atoms with Crippen molar-refractivity contribution < 1.29 is 13.2 Å². The Morgan fingerprint density at radius 2 is 1.79 bits per heavy atom. The van der Waals surface area contributed by atoms with Crippen molar-refractivity contribution in [1.82, 2.24) is 14.3 Å². The quantitative estimate of drug-likeness (QED) is 0.441. The lowest BCUT2D eigenvalue weighted by Crippen LogP contribution is -2.32. The molecular formula is C24H21N5O3S. The predicted octanol–water partition coefficient (Wildman–Crippen LogP) is 2.95. The first-order chi connectivity index (χ1) is 15.9. The number of fused-ring (bicyclic) bond motifs is 1. The Balaban J connectivity index is 1.44. The van der Waals surface area contributed by atoms with Gasteiger partial charge in [0.25, 0.3) is 0 Å². The van der Waals surface area contributed by atoms with Crippen LogP contribution in [0.5, 0.6) is 0 Å². The Morgan fingerprint density at radius 3 is 2.48 bits per heavy atom. The lowest BCUT2D eigenvalue weighted by Gasteiger charge is -2.08. The number of benzene rings is 3. The molecule has 8 nitrogen and oxygen atoms in total. The molecule has 1 amide bonds. The van der Waals surface area contributed by atoms with Crippen LogP contribution in [0, 0.1) is 11.3 Å². The molecule has 0 spiro atoms. The average molecular weight is 460 g/mol. The van der Waals surface area contributed by atoms with Gasteiger partial charge < -0.3 is 9.88 Å². The van der Waals surface area contributed by atoms with Crippen molar-refractivity contribution in [3.8, 4) is 6.07 Å². The van der Waals surface area contributed by atoms with Crippen molar-refractivity contribution in [2.75, 3.05) is 11.9 Å². The highest BCUT2D eigenvalue weighted by Crippen LogP contribution is 2.21. The molecule has 0 radical (unpaired) electrons. The molecule has 0 fully saturated rings. The van der Waals surface area contributed by atoms with Crippen molar-refractivity contribution >= 4 is 32.7 Å². The van der Waals surface area contributed by atoms with E-state index in [0.29, 0.717) is 23.2 Å². The Labute approximate surface area is 191 Å². The number of aryl methyl sites for hydroxylation is 1. The van der Waals surface area contributed by atoms with Crippen LogP contribution in [-0.2, 0) is 28.3 Å². The fourth-order valence-electron chi connectivity index (χ4n) is 3.41. The second-order valence-corrected chi connectivity index (χ2v) is 9.23. The van der Waals surface area contributed by atoms with Gasteiger partial charge in [0.15, 0.2) is 0 Å². The van der Waals surface area contributed by atoms with Crippen LogP contribution in [0.4, 0.5) is 5.69 Å². The van der Waals surface area contributed by atoms with Gasteiger partial charge in [-0.25, -0.2) is 18.1 Å². The number of rotatable bonds is 7. The number of aromatic nitrogens is 2. The van der Waals surface area contributed by atoms with Crippen molar-refractivity contribution in [2.24, 2.45) is 7.05 Å². The van der Waals surface area contributed by atoms with Crippen LogP contribution < -0.4 is 10.0 Å². The monoisotopic (exact) mass is 459 g/mol. The van der Waals surface area contributed by atoms with Gasteiger partial charge in [0.2, 0.25) is 15.9 Å². The normalized spacial score (nSPS) is 11.3. The fraction of sp³-hybridized carbons (Fsp3) is 0.125. The molecule has 0 saturated carbocycles. The standard InChI is InChI=1S/C24H21N5O3S/c1-29-22-12-11-19(27-24(30)16-26-33(31,32)20-5-3-2-4-6-20)14-21(22)28-23(29)13-17-7-9-18(15-25)10-8-17/h2-12,14,26H,13,16H2,1H3,(H,27,30). The first-order valence-corrected chi connectivity index (χ1v) is 11.6. The van der Waals surface area contributed by atoms with E-state index < -0.39 is 15.9 Å².